The van der Waals surface area contributed by atoms with Gasteiger partial charge in [0.25, 0.3) is 0 Å². The third-order valence-electron chi connectivity index (χ3n) is 4.83. The van der Waals surface area contributed by atoms with Gasteiger partial charge in [-0.3, -0.25) is 0 Å². The largest absolute Gasteiger partial charge is 0.463 e. The summed E-state index contributed by atoms with van der Waals surface area (Å²) in [6, 6.07) is 1.89. The van der Waals surface area contributed by atoms with Crippen molar-refractivity contribution in [3.8, 4) is 17.7 Å². The van der Waals surface area contributed by atoms with Gasteiger partial charge in [0.05, 0.1) is 18.1 Å². The van der Waals surface area contributed by atoms with Gasteiger partial charge in [-0.1, -0.05) is 5.92 Å². The fraction of sp³-hybridized carbons (Fsp3) is 0.286. The van der Waals surface area contributed by atoms with Gasteiger partial charge < -0.3 is 10.5 Å². The fourth-order valence-electron chi connectivity index (χ4n) is 3.09. The maximum Gasteiger partial charge on any atom is 0.239 e. The zero-order valence-corrected chi connectivity index (χ0v) is 18.8. The van der Waals surface area contributed by atoms with Crippen LogP contribution in [0.25, 0.3) is 11.9 Å². The van der Waals surface area contributed by atoms with Crippen molar-refractivity contribution in [3.05, 3.63) is 53.0 Å². The first-order valence-corrected chi connectivity index (χ1v) is 11.1. The highest BCUT2D eigenvalue weighted by Crippen LogP contribution is 2.35. The Morgan fingerprint density at radius 3 is 2.67 bits per heavy atom. The van der Waals surface area contributed by atoms with Crippen molar-refractivity contribution in [2.45, 2.75) is 19.4 Å². The highest BCUT2D eigenvalue weighted by molar-refractivity contribution is 7.89. The number of hydrogen-bond acceptors (Lipinski definition) is 7. The third-order valence-corrected chi connectivity index (χ3v) is 6.78. The number of ether oxygens (including phenoxy) is 1. The third kappa shape index (κ3) is 5.09. The van der Waals surface area contributed by atoms with E-state index in [9.17, 15) is 21.6 Å². The van der Waals surface area contributed by atoms with Crippen LogP contribution in [-0.4, -0.2) is 48.1 Å². The van der Waals surface area contributed by atoms with E-state index in [1.165, 1.54) is 20.2 Å². The number of halogens is 3. The molecular weight excluding hydrogens is 459 g/mol. The number of aromatic nitrogens is 2. The minimum atomic E-state index is -3.93. The molecule has 12 heteroatoms. The van der Waals surface area contributed by atoms with Gasteiger partial charge in [0.1, 0.15) is 11.2 Å². The van der Waals surface area contributed by atoms with Crippen molar-refractivity contribution in [3.63, 3.8) is 0 Å². The Hall–Kier alpha value is -3.59. The molecule has 2 heterocycles. The molecule has 1 aliphatic heterocycles. The van der Waals surface area contributed by atoms with E-state index in [0.717, 1.165) is 28.7 Å². The average Bonchev–Trinajstić information content (AvgIpc) is 2.74. The molecule has 0 amide bonds. The van der Waals surface area contributed by atoms with Crippen LogP contribution in [0.5, 0.6) is 5.88 Å². The van der Waals surface area contributed by atoms with E-state index in [1.807, 2.05) is 0 Å². The van der Waals surface area contributed by atoms with Crippen molar-refractivity contribution < 1.29 is 26.3 Å². The SMILES string of the molecule is CC#CCOc1cnc(/C(F)=C/c2cc(F)c(F)c([C@]3(C)CS(=O)(=O)N(C)C(N)=N3)c2)cn1. The summed E-state index contributed by atoms with van der Waals surface area (Å²) in [4.78, 5) is 11.9. The molecule has 0 spiro atoms. The van der Waals surface area contributed by atoms with Crippen LogP contribution in [0.15, 0.2) is 29.5 Å². The molecule has 3 rings (SSSR count). The molecule has 0 saturated heterocycles. The zero-order chi connectivity index (χ0) is 24.4. The first-order valence-electron chi connectivity index (χ1n) is 9.50. The number of benzene rings is 1. The lowest BCUT2D eigenvalue weighted by Gasteiger charge is -2.34. The quantitative estimate of drug-likeness (QED) is 0.660. The van der Waals surface area contributed by atoms with Crippen molar-refractivity contribution in [1.82, 2.24) is 14.3 Å². The first kappa shape index (κ1) is 24.1. The van der Waals surface area contributed by atoms with E-state index >= 15 is 0 Å². The average molecular weight is 479 g/mol. The zero-order valence-electron chi connectivity index (χ0n) is 17.9. The first-order chi connectivity index (χ1) is 15.5. The Morgan fingerprint density at radius 1 is 1.33 bits per heavy atom. The van der Waals surface area contributed by atoms with Crippen molar-refractivity contribution in [2.24, 2.45) is 10.7 Å². The second-order valence-electron chi connectivity index (χ2n) is 7.28. The monoisotopic (exact) mass is 479 g/mol. The van der Waals surface area contributed by atoms with Gasteiger partial charge in [0.2, 0.25) is 21.9 Å². The van der Waals surface area contributed by atoms with Gasteiger partial charge in [-0.2, -0.15) is 0 Å². The molecule has 8 nitrogen and oxygen atoms in total. The number of nitrogens with zero attached hydrogens (tertiary/aromatic N) is 4. The highest BCUT2D eigenvalue weighted by atomic mass is 32.2. The fourth-order valence-corrected chi connectivity index (χ4v) is 4.54. The Balaban J connectivity index is 1.97. The van der Waals surface area contributed by atoms with Crippen LogP contribution < -0.4 is 10.5 Å². The van der Waals surface area contributed by atoms with Gasteiger partial charge >= 0.3 is 0 Å². The van der Waals surface area contributed by atoms with Crippen LogP contribution in [0.3, 0.4) is 0 Å². The van der Waals surface area contributed by atoms with Gasteiger partial charge in [0, 0.05) is 12.6 Å². The van der Waals surface area contributed by atoms with Crippen LogP contribution in [0.2, 0.25) is 0 Å². The Labute approximate surface area is 189 Å². The van der Waals surface area contributed by atoms with Crippen LogP contribution in [0.4, 0.5) is 13.2 Å². The number of nitrogens with two attached hydrogens (primary N) is 1. The lowest BCUT2D eigenvalue weighted by molar-refractivity contribution is 0.353. The second kappa shape index (κ2) is 9.11. The van der Waals surface area contributed by atoms with E-state index in [4.69, 9.17) is 10.5 Å². The van der Waals surface area contributed by atoms with Crippen molar-refractivity contribution in [2.75, 3.05) is 19.4 Å². The van der Waals surface area contributed by atoms with E-state index in [1.54, 1.807) is 6.92 Å². The van der Waals surface area contributed by atoms with Crippen LogP contribution in [-0.2, 0) is 15.6 Å². The van der Waals surface area contributed by atoms with Crippen molar-refractivity contribution in [1.29, 1.82) is 0 Å². The Bertz CT molecular complexity index is 1300. The molecule has 0 saturated carbocycles. The summed E-state index contributed by atoms with van der Waals surface area (Å²) >= 11 is 0. The summed E-state index contributed by atoms with van der Waals surface area (Å²) in [5, 5.41) is 0. The standard InChI is InChI=1S/C21H20F3N5O3S/c1-4-5-6-32-18-11-26-17(10-27-18)15(22)8-13-7-14(19(24)16(23)9-13)21(2)12-33(30,31)29(3)20(25)28-21/h7-11H,6,12H2,1-3H3,(H2,25,28)/b15-8-/t21-/m0/s1. The maximum atomic E-state index is 14.7. The van der Waals surface area contributed by atoms with E-state index in [-0.39, 0.29) is 35.3 Å². The number of hydrogen-bond donors (Lipinski definition) is 1. The van der Waals surface area contributed by atoms with Gasteiger partial charge in [-0.25, -0.2) is 40.9 Å². The Kier molecular flexibility index (Phi) is 6.64. The van der Waals surface area contributed by atoms with Crippen LogP contribution >= 0.6 is 0 Å². The molecule has 0 fully saturated rings. The molecule has 0 radical (unpaired) electrons. The molecule has 0 unspecified atom stereocenters. The predicted octanol–water partition coefficient (Wildman–Crippen LogP) is 2.43. The number of aliphatic imine (C=N–C) groups is 1. The van der Waals surface area contributed by atoms with Gasteiger partial charge in [-0.05, 0) is 37.6 Å². The molecular formula is C21H20F3N5O3S. The lowest BCUT2D eigenvalue weighted by Crippen LogP contribution is -2.50. The molecule has 1 aromatic carbocycles. The Morgan fingerprint density at radius 2 is 2.06 bits per heavy atom. The summed E-state index contributed by atoms with van der Waals surface area (Å²) in [7, 11) is -2.72. The minimum Gasteiger partial charge on any atom is -0.463 e. The predicted molar refractivity (Wildman–Crippen MR) is 117 cm³/mol. The van der Waals surface area contributed by atoms with E-state index < -0.39 is 38.8 Å². The molecule has 0 aliphatic carbocycles. The topological polar surface area (TPSA) is 111 Å². The number of rotatable bonds is 5. The lowest BCUT2D eigenvalue weighted by atomic mass is 9.92. The van der Waals surface area contributed by atoms with Crippen LogP contribution in [0.1, 0.15) is 30.7 Å². The summed E-state index contributed by atoms with van der Waals surface area (Å²) < 4.78 is 74.5. The molecule has 174 valence electrons. The minimum absolute atomic E-state index is 0.0759. The maximum absolute atomic E-state index is 14.7. The van der Waals surface area contributed by atoms with E-state index in [2.05, 4.69) is 26.8 Å². The normalized spacial score (nSPS) is 20.0. The number of sulfonamides is 1. The molecule has 1 atom stereocenters. The molecule has 2 aromatic rings. The molecule has 2 N–H and O–H groups in total. The van der Waals surface area contributed by atoms with Gasteiger partial charge in [-0.15, -0.1) is 5.92 Å². The van der Waals surface area contributed by atoms with Gasteiger partial charge in [0.15, 0.2) is 24.1 Å². The molecule has 1 aliphatic rings. The van der Waals surface area contributed by atoms with E-state index in [0.29, 0.717) is 0 Å². The molecule has 33 heavy (non-hydrogen) atoms. The molecule has 0 bridgehead atoms. The molecule has 1 aromatic heterocycles. The second-order valence-corrected chi connectivity index (χ2v) is 9.28. The number of guanidine groups is 1. The highest BCUT2D eigenvalue weighted by Gasteiger charge is 2.42. The van der Waals surface area contributed by atoms with Crippen LogP contribution in [0, 0.1) is 23.5 Å². The summed E-state index contributed by atoms with van der Waals surface area (Å²) in [5.41, 5.74) is 3.32. The summed E-state index contributed by atoms with van der Waals surface area (Å²) in [6.07, 6.45) is 3.22. The summed E-state index contributed by atoms with van der Waals surface area (Å²) in [6.45, 7) is 3.05. The summed E-state index contributed by atoms with van der Waals surface area (Å²) in [5.74, 6) is 0.931. The van der Waals surface area contributed by atoms with Crippen molar-refractivity contribution >= 4 is 27.9 Å². The smallest absolute Gasteiger partial charge is 0.239 e.